The number of hydrogen-bond donors (Lipinski definition) is 2. The lowest BCUT2D eigenvalue weighted by Gasteiger charge is -2.19. The number of ether oxygens (including phenoxy) is 3. The first-order valence-corrected chi connectivity index (χ1v) is 8.80. The van der Waals surface area contributed by atoms with Crippen molar-refractivity contribution in [3.05, 3.63) is 47.0 Å². The van der Waals surface area contributed by atoms with Crippen LogP contribution in [0.5, 0.6) is 17.2 Å². The number of rotatable bonds is 4. The van der Waals surface area contributed by atoms with Crippen LogP contribution < -0.4 is 24.8 Å². The summed E-state index contributed by atoms with van der Waals surface area (Å²) in [6, 6.07) is 10.2. The Balaban J connectivity index is 1.62. The van der Waals surface area contributed by atoms with Gasteiger partial charge in [0.05, 0.1) is 11.6 Å². The van der Waals surface area contributed by atoms with Crippen LogP contribution in [0.25, 0.3) is 0 Å². The molecule has 1 aliphatic heterocycles. The van der Waals surface area contributed by atoms with Crippen LogP contribution in [-0.2, 0) is 0 Å². The Morgan fingerprint density at radius 2 is 1.96 bits per heavy atom. The van der Waals surface area contributed by atoms with E-state index in [0.717, 1.165) is 0 Å². The van der Waals surface area contributed by atoms with Crippen molar-refractivity contribution in [2.24, 2.45) is 0 Å². The van der Waals surface area contributed by atoms with Crippen LogP contribution in [0.15, 0.2) is 36.4 Å². The van der Waals surface area contributed by atoms with Crippen LogP contribution in [0.2, 0.25) is 5.02 Å². The van der Waals surface area contributed by atoms with Crippen molar-refractivity contribution in [3.63, 3.8) is 0 Å². The van der Waals surface area contributed by atoms with E-state index in [1.165, 1.54) is 6.07 Å². The van der Waals surface area contributed by atoms with Crippen molar-refractivity contribution in [2.75, 3.05) is 25.1 Å². The third kappa shape index (κ3) is 4.36. The van der Waals surface area contributed by atoms with Crippen LogP contribution in [0.4, 0.5) is 5.69 Å². The first-order chi connectivity index (χ1) is 12.6. The number of fused-ring (bicyclic) bond motifs is 1. The number of thiocarbonyl (C=S) groups is 1. The second-order valence-electron chi connectivity index (χ2n) is 5.34. The quantitative estimate of drug-likeness (QED) is 0.774. The fourth-order valence-electron chi connectivity index (χ4n) is 2.37. The van der Waals surface area contributed by atoms with E-state index in [1.54, 1.807) is 30.3 Å². The third-order valence-corrected chi connectivity index (χ3v) is 4.02. The standard InChI is InChI=1S/C18H17ClN2O4S/c1-2-23-14-5-3-11(9-13(14)19)17(22)21-18(26)20-12-4-6-15-16(10-12)25-8-7-24-15/h3-6,9-10H,2,7-8H2,1H3,(H2,20,21,22,26). The minimum Gasteiger partial charge on any atom is -0.492 e. The zero-order valence-corrected chi connectivity index (χ0v) is 15.6. The number of halogens is 1. The zero-order valence-electron chi connectivity index (χ0n) is 14.0. The monoisotopic (exact) mass is 392 g/mol. The number of nitrogens with one attached hydrogen (secondary N) is 2. The Morgan fingerprint density at radius 3 is 2.69 bits per heavy atom. The van der Waals surface area contributed by atoms with Crippen molar-refractivity contribution in [2.45, 2.75) is 6.92 Å². The lowest BCUT2D eigenvalue weighted by molar-refractivity contribution is 0.0977. The molecule has 0 spiro atoms. The molecule has 3 rings (SSSR count). The average Bonchev–Trinajstić information content (AvgIpc) is 2.63. The summed E-state index contributed by atoms with van der Waals surface area (Å²) in [5.74, 6) is 1.47. The molecule has 0 aromatic heterocycles. The number of carbonyl (C=O) groups excluding carboxylic acids is 1. The smallest absolute Gasteiger partial charge is 0.257 e. The molecule has 0 saturated carbocycles. The molecule has 2 aromatic rings. The fraction of sp³-hybridized carbons (Fsp3) is 0.222. The Morgan fingerprint density at radius 1 is 1.19 bits per heavy atom. The molecule has 1 heterocycles. The van der Waals surface area contributed by atoms with Crippen molar-refractivity contribution in [3.8, 4) is 17.2 Å². The van der Waals surface area contributed by atoms with Gasteiger partial charge in [0, 0.05) is 17.3 Å². The Labute approximate surface area is 161 Å². The lowest BCUT2D eigenvalue weighted by Crippen LogP contribution is -2.34. The minimum atomic E-state index is -0.370. The highest BCUT2D eigenvalue weighted by Crippen LogP contribution is 2.32. The molecule has 1 amide bonds. The van der Waals surface area contributed by atoms with Gasteiger partial charge in [0.15, 0.2) is 16.6 Å². The summed E-state index contributed by atoms with van der Waals surface area (Å²) in [4.78, 5) is 12.3. The van der Waals surface area contributed by atoms with Crippen LogP contribution in [-0.4, -0.2) is 30.8 Å². The first-order valence-electron chi connectivity index (χ1n) is 8.01. The Kier molecular flexibility index (Phi) is 5.80. The molecular weight excluding hydrogens is 376 g/mol. The van der Waals surface area contributed by atoms with E-state index < -0.39 is 0 Å². The van der Waals surface area contributed by atoms with Gasteiger partial charge in [0.25, 0.3) is 5.91 Å². The maximum Gasteiger partial charge on any atom is 0.257 e. The molecule has 0 unspecified atom stereocenters. The largest absolute Gasteiger partial charge is 0.492 e. The summed E-state index contributed by atoms with van der Waals surface area (Å²) < 4.78 is 16.3. The van der Waals surface area contributed by atoms with Crippen molar-refractivity contribution in [1.82, 2.24) is 5.32 Å². The van der Waals surface area contributed by atoms with Gasteiger partial charge in [0.2, 0.25) is 0 Å². The summed E-state index contributed by atoms with van der Waals surface area (Å²) in [6.45, 7) is 3.38. The molecule has 6 nitrogen and oxygen atoms in total. The third-order valence-electron chi connectivity index (χ3n) is 3.52. The SMILES string of the molecule is CCOc1ccc(C(=O)NC(=S)Nc2ccc3c(c2)OCCO3)cc1Cl. The molecule has 2 aromatic carbocycles. The van der Waals surface area contributed by atoms with Gasteiger partial charge >= 0.3 is 0 Å². The Hall–Kier alpha value is -2.51. The van der Waals surface area contributed by atoms with E-state index in [-0.39, 0.29) is 11.0 Å². The highest BCUT2D eigenvalue weighted by atomic mass is 35.5. The zero-order chi connectivity index (χ0) is 18.5. The maximum atomic E-state index is 12.3. The summed E-state index contributed by atoms with van der Waals surface area (Å²) in [5, 5.41) is 6.09. The highest BCUT2D eigenvalue weighted by molar-refractivity contribution is 7.80. The predicted octanol–water partition coefficient (Wildman–Crippen LogP) is 3.64. The molecule has 0 atom stereocenters. The number of hydrogen-bond acceptors (Lipinski definition) is 5. The fourth-order valence-corrected chi connectivity index (χ4v) is 2.82. The van der Waals surface area contributed by atoms with Gasteiger partial charge in [-0.3, -0.25) is 10.1 Å². The molecule has 2 N–H and O–H groups in total. The molecule has 136 valence electrons. The first kappa shape index (κ1) is 18.3. The van der Waals surface area contributed by atoms with Crippen LogP contribution in [0.3, 0.4) is 0 Å². The summed E-state index contributed by atoms with van der Waals surface area (Å²) in [5.41, 5.74) is 1.06. The Bertz CT molecular complexity index is 844. The summed E-state index contributed by atoms with van der Waals surface area (Å²) in [7, 11) is 0. The lowest BCUT2D eigenvalue weighted by atomic mass is 10.2. The molecule has 8 heteroatoms. The van der Waals surface area contributed by atoms with Gasteiger partial charge in [-0.1, -0.05) is 11.6 Å². The van der Waals surface area contributed by atoms with Crippen LogP contribution in [0, 0.1) is 0 Å². The van der Waals surface area contributed by atoms with E-state index in [2.05, 4.69) is 10.6 Å². The minimum absolute atomic E-state index is 0.164. The molecule has 26 heavy (non-hydrogen) atoms. The normalized spacial score (nSPS) is 12.2. The predicted molar refractivity (Wildman–Crippen MR) is 104 cm³/mol. The van der Waals surface area contributed by atoms with Gasteiger partial charge < -0.3 is 19.5 Å². The topological polar surface area (TPSA) is 68.8 Å². The second-order valence-corrected chi connectivity index (χ2v) is 6.16. The van der Waals surface area contributed by atoms with Crippen LogP contribution in [0.1, 0.15) is 17.3 Å². The second kappa shape index (κ2) is 8.25. The molecule has 0 radical (unpaired) electrons. The maximum absolute atomic E-state index is 12.3. The average molecular weight is 393 g/mol. The van der Waals surface area contributed by atoms with E-state index in [1.807, 2.05) is 6.92 Å². The van der Waals surface area contributed by atoms with E-state index in [4.69, 9.17) is 38.0 Å². The number of amides is 1. The molecule has 0 bridgehead atoms. The van der Waals surface area contributed by atoms with Gasteiger partial charge in [-0.2, -0.15) is 0 Å². The highest BCUT2D eigenvalue weighted by Gasteiger charge is 2.14. The van der Waals surface area contributed by atoms with Crippen molar-refractivity contribution < 1.29 is 19.0 Å². The van der Waals surface area contributed by atoms with E-state index in [9.17, 15) is 4.79 Å². The van der Waals surface area contributed by atoms with Gasteiger partial charge in [-0.25, -0.2) is 0 Å². The van der Waals surface area contributed by atoms with E-state index >= 15 is 0 Å². The number of anilines is 1. The summed E-state index contributed by atoms with van der Waals surface area (Å²) in [6.07, 6.45) is 0. The van der Waals surface area contributed by atoms with E-state index in [0.29, 0.717) is 53.3 Å². The van der Waals surface area contributed by atoms with Gasteiger partial charge in [-0.15, -0.1) is 0 Å². The van der Waals surface area contributed by atoms with Crippen molar-refractivity contribution >= 4 is 40.5 Å². The summed E-state index contributed by atoms with van der Waals surface area (Å²) >= 11 is 11.3. The number of carbonyl (C=O) groups is 1. The molecule has 0 aliphatic carbocycles. The van der Waals surface area contributed by atoms with Crippen LogP contribution >= 0.6 is 23.8 Å². The van der Waals surface area contributed by atoms with Crippen molar-refractivity contribution in [1.29, 1.82) is 0 Å². The molecule has 0 fully saturated rings. The molecule has 1 aliphatic rings. The van der Waals surface area contributed by atoms with Gasteiger partial charge in [-0.05, 0) is 49.5 Å². The molecular formula is C18H17ClN2O4S. The molecule has 0 saturated heterocycles. The number of benzene rings is 2. The van der Waals surface area contributed by atoms with Gasteiger partial charge in [0.1, 0.15) is 19.0 Å².